The molecule has 0 aromatic heterocycles. The predicted octanol–water partition coefficient (Wildman–Crippen LogP) is 0.169. The van der Waals surface area contributed by atoms with Crippen molar-refractivity contribution in [2.75, 3.05) is 6.54 Å². The Bertz CT molecular complexity index is 5.25. The van der Waals surface area contributed by atoms with E-state index in [0.717, 1.165) is 6.42 Å². The van der Waals surface area contributed by atoms with Crippen LogP contribution < -0.4 is 5.73 Å². The fourth-order valence-corrected chi connectivity index (χ4v) is 0. The molecule has 0 aliphatic heterocycles. The number of nitrogens with two attached hydrogens (primary N) is 1. The van der Waals surface area contributed by atoms with Crippen molar-refractivity contribution < 1.29 is 0 Å². The average molecular weight is 58.1 g/mol. The highest BCUT2D eigenvalue weighted by molar-refractivity contribution is 4.33. The van der Waals surface area contributed by atoms with Crippen LogP contribution in [-0.2, 0) is 0 Å². The maximum atomic E-state index is 4.97. The summed E-state index contributed by atoms with van der Waals surface area (Å²) in [6, 6.07) is 0. The number of hydrogen-bond acceptors (Lipinski definition) is 1. The van der Waals surface area contributed by atoms with E-state index in [0.29, 0.717) is 6.54 Å². The van der Waals surface area contributed by atoms with Crippen molar-refractivity contribution in [2.45, 2.75) is 6.42 Å². The van der Waals surface area contributed by atoms with Gasteiger partial charge < -0.3 is 12.7 Å². The molecular formula is C3H8N-. The summed E-state index contributed by atoms with van der Waals surface area (Å²) in [5.41, 5.74) is 4.97. The molecule has 0 bridgehead atoms. The summed E-state index contributed by atoms with van der Waals surface area (Å²) in [5, 5.41) is 0. The van der Waals surface area contributed by atoms with E-state index < -0.39 is 0 Å². The molecule has 0 heterocycles. The molecular weight excluding hydrogens is 50.0 g/mol. The molecule has 1 nitrogen and oxygen atoms in total. The summed E-state index contributed by atoms with van der Waals surface area (Å²) >= 11 is 0. The van der Waals surface area contributed by atoms with Crippen LogP contribution in [-0.4, -0.2) is 6.54 Å². The minimum Gasteiger partial charge on any atom is -0.342 e. The van der Waals surface area contributed by atoms with Gasteiger partial charge in [-0.3, -0.25) is 0 Å². The van der Waals surface area contributed by atoms with Crippen molar-refractivity contribution in [1.29, 1.82) is 0 Å². The summed E-state index contributed by atoms with van der Waals surface area (Å²) in [6.07, 6.45) is 0.847. The SMILES string of the molecule is [CH2-]CCN. The van der Waals surface area contributed by atoms with Gasteiger partial charge in [-0.1, -0.05) is 0 Å². The van der Waals surface area contributed by atoms with E-state index in [9.17, 15) is 0 Å². The standard InChI is InChI=1S/C3H8N/c1-2-3-4/h1-4H2/q-1. The van der Waals surface area contributed by atoms with Gasteiger partial charge in [-0.25, -0.2) is 0 Å². The molecule has 0 rings (SSSR count). The fourth-order valence-electron chi connectivity index (χ4n) is 0. The van der Waals surface area contributed by atoms with Crippen molar-refractivity contribution in [3.63, 3.8) is 0 Å². The molecule has 0 saturated carbocycles. The van der Waals surface area contributed by atoms with Gasteiger partial charge in [-0.05, 0) is 6.54 Å². The van der Waals surface area contributed by atoms with Crippen molar-refractivity contribution in [1.82, 2.24) is 0 Å². The lowest BCUT2D eigenvalue weighted by Gasteiger charge is -1.79. The van der Waals surface area contributed by atoms with Gasteiger partial charge in [-0.15, -0.1) is 0 Å². The first-order chi connectivity index (χ1) is 1.91. The zero-order valence-corrected chi connectivity index (χ0v) is 2.70. The summed E-state index contributed by atoms with van der Waals surface area (Å²) in [6.45, 7) is 4.19. The molecule has 0 aliphatic carbocycles. The fraction of sp³-hybridized carbons (Fsp3) is 0.667. The Hall–Kier alpha value is -0.0400. The van der Waals surface area contributed by atoms with E-state index in [4.69, 9.17) is 5.73 Å². The Labute approximate surface area is 26.8 Å². The van der Waals surface area contributed by atoms with Gasteiger partial charge in [0, 0.05) is 0 Å². The van der Waals surface area contributed by atoms with E-state index in [1.54, 1.807) is 0 Å². The van der Waals surface area contributed by atoms with Crippen molar-refractivity contribution in [2.24, 2.45) is 5.73 Å². The van der Waals surface area contributed by atoms with E-state index in [2.05, 4.69) is 6.92 Å². The van der Waals surface area contributed by atoms with Crippen LogP contribution in [0.2, 0.25) is 0 Å². The molecule has 0 saturated heterocycles. The van der Waals surface area contributed by atoms with Crippen LogP contribution >= 0.6 is 0 Å². The Morgan fingerprint density at radius 3 is 2.00 bits per heavy atom. The summed E-state index contributed by atoms with van der Waals surface area (Å²) in [7, 11) is 0. The highest BCUT2D eigenvalue weighted by Crippen LogP contribution is 1.55. The van der Waals surface area contributed by atoms with Crippen LogP contribution in [0.3, 0.4) is 0 Å². The maximum Gasteiger partial charge on any atom is -0.0350 e. The first-order valence-electron chi connectivity index (χ1n) is 1.41. The molecule has 1 heteroatoms. The van der Waals surface area contributed by atoms with Crippen LogP contribution in [0, 0.1) is 6.92 Å². The normalized spacial score (nSPS) is 7.50. The molecule has 26 valence electrons. The number of hydrogen-bond donors (Lipinski definition) is 1. The van der Waals surface area contributed by atoms with Gasteiger partial charge in [0.05, 0.1) is 0 Å². The number of rotatable bonds is 1. The van der Waals surface area contributed by atoms with Crippen LogP contribution in [0.1, 0.15) is 6.42 Å². The third kappa shape index (κ3) is 1.96. The van der Waals surface area contributed by atoms with Gasteiger partial charge in [0.15, 0.2) is 0 Å². The van der Waals surface area contributed by atoms with Crippen molar-refractivity contribution in [3.05, 3.63) is 6.92 Å². The largest absolute Gasteiger partial charge is 0.342 e. The summed E-state index contributed by atoms with van der Waals surface area (Å²) < 4.78 is 0. The lowest BCUT2D eigenvalue weighted by atomic mass is 10.5. The second-order valence-electron chi connectivity index (χ2n) is 0.642. The Balaban J connectivity index is 1.97. The molecule has 0 aromatic carbocycles. The Morgan fingerprint density at radius 2 is 2.00 bits per heavy atom. The highest BCUT2D eigenvalue weighted by Gasteiger charge is 1.46. The van der Waals surface area contributed by atoms with Crippen LogP contribution in [0.5, 0.6) is 0 Å². The molecule has 4 heavy (non-hydrogen) atoms. The van der Waals surface area contributed by atoms with Crippen molar-refractivity contribution in [3.8, 4) is 0 Å². The van der Waals surface area contributed by atoms with Crippen molar-refractivity contribution >= 4 is 0 Å². The molecule has 0 aromatic rings. The Morgan fingerprint density at radius 1 is 1.75 bits per heavy atom. The zero-order chi connectivity index (χ0) is 3.41. The van der Waals surface area contributed by atoms with Crippen LogP contribution in [0.15, 0.2) is 0 Å². The topological polar surface area (TPSA) is 26.0 Å². The second-order valence-corrected chi connectivity index (χ2v) is 0.642. The monoisotopic (exact) mass is 58.1 g/mol. The van der Waals surface area contributed by atoms with Gasteiger partial charge in [0.25, 0.3) is 0 Å². The third-order valence-corrected chi connectivity index (χ3v) is 0.204. The quantitative estimate of drug-likeness (QED) is 0.427. The molecule has 0 atom stereocenters. The minimum absolute atomic E-state index is 0.708. The van der Waals surface area contributed by atoms with E-state index in [1.807, 2.05) is 0 Å². The van der Waals surface area contributed by atoms with Gasteiger partial charge in [0.2, 0.25) is 0 Å². The first kappa shape index (κ1) is 3.96. The molecule has 0 aliphatic rings. The predicted molar refractivity (Wildman–Crippen MR) is 19.0 cm³/mol. The minimum atomic E-state index is 0.708. The van der Waals surface area contributed by atoms with Gasteiger partial charge in [0.1, 0.15) is 0 Å². The molecule has 0 radical (unpaired) electrons. The van der Waals surface area contributed by atoms with Gasteiger partial charge in [-0.2, -0.15) is 6.42 Å². The lowest BCUT2D eigenvalue weighted by molar-refractivity contribution is 1.01. The summed E-state index contributed by atoms with van der Waals surface area (Å²) in [5.74, 6) is 0. The van der Waals surface area contributed by atoms with Gasteiger partial charge >= 0.3 is 0 Å². The molecule has 0 fully saturated rings. The first-order valence-corrected chi connectivity index (χ1v) is 1.41. The maximum absolute atomic E-state index is 4.97. The van der Waals surface area contributed by atoms with E-state index >= 15 is 0 Å². The molecule has 2 N–H and O–H groups in total. The zero-order valence-electron chi connectivity index (χ0n) is 2.70. The summed E-state index contributed by atoms with van der Waals surface area (Å²) in [4.78, 5) is 0. The molecule has 0 amide bonds. The lowest BCUT2D eigenvalue weighted by Crippen LogP contribution is -1.93. The van der Waals surface area contributed by atoms with E-state index in [-0.39, 0.29) is 0 Å². The van der Waals surface area contributed by atoms with Crippen LogP contribution in [0.25, 0.3) is 0 Å². The smallest absolute Gasteiger partial charge is 0.0350 e. The van der Waals surface area contributed by atoms with Crippen LogP contribution in [0.4, 0.5) is 0 Å². The van der Waals surface area contributed by atoms with E-state index in [1.165, 1.54) is 0 Å². The average Bonchev–Trinajstić information content (AvgIpc) is 1.37. The highest BCUT2D eigenvalue weighted by atomic mass is 14.5. The molecule has 0 spiro atoms. The second kappa shape index (κ2) is 2.96. The Kier molecular flexibility index (Phi) is 2.93. The molecule has 0 unspecified atom stereocenters. The third-order valence-electron chi connectivity index (χ3n) is 0.204.